The standard InChI is InChI=1S/C39H33FN8O3.C21H17F2N5.C18H17N3O3/c40-28-5-1-4-26(19-28)31-7-3-17-46(31)36-15-14-34-41-20-33(48(34)44-36)30-6-2-8-35(42-30)45-21-25(22-45)10-9-24-11-12-29-27(18-24)23-47(39(29)51)32-13-16-37(49)43-38(32)50;22-15-5-1-4-14(12-15)17-7-3-11-27(17)21-10-9-20-24-13-18(28(20)26-21)16-6-2-8-19(23)25-16;22-16-6-5-15(17(23)20-16)21-10-13-7-11(1-2-12-8-19-9-12)3-4-14(13)18(21)24/h1-2,4-6,8,11-12,14-15,18-20,25,31-32H,3,7,13,16-17,21-23H2,(H,43,49,50);1-2,4-6,8-10,12-13,17H,3,7,11H2;3-4,7,12,15,19H,5-6,8-10H2,(H,20,22,23)/t31-,32?;17-;/m11./s1. The lowest BCUT2D eigenvalue weighted by atomic mass is 9.99. The Morgan fingerprint density at radius 3 is 1.45 bits per heavy atom. The zero-order chi connectivity index (χ0) is 70.4. The van der Waals surface area contributed by atoms with Crippen LogP contribution in [0.2, 0.25) is 0 Å². The van der Waals surface area contributed by atoms with Crippen molar-refractivity contribution < 1.29 is 41.9 Å². The van der Waals surface area contributed by atoms with Crippen LogP contribution in [-0.2, 0) is 32.3 Å². The number of carbonyl (C=O) groups is 6. The van der Waals surface area contributed by atoms with Gasteiger partial charge in [-0.05, 0) is 170 Å². The monoisotopic (exact) mass is 1380 g/mol. The van der Waals surface area contributed by atoms with Gasteiger partial charge in [0.2, 0.25) is 29.6 Å². The van der Waals surface area contributed by atoms with Crippen molar-refractivity contribution in [2.24, 2.45) is 11.8 Å². The number of anilines is 3. The molecule has 8 aliphatic heterocycles. The molecule has 25 heteroatoms. The summed E-state index contributed by atoms with van der Waals surface area (Å²) in [5.41, 5.74) is 10.6. The largest absolute Gasteiger partial charge is 0.354 e. The van der Waals surface area contributed by atoms with Gasteiger partial charge in [-0.25, -0.2) is 37.7 Å². The number of aromatic nitrogens is 8. The number of nitrogens with one attached hydrogen (secondary N) is 3. The second-order valence-corrected chi connectivity index (χ2v) is 26.8. The highest BCUT2D eigenvalue weighted by Crippen LogP contribution is 2.39. The van der Waals surface area contributed by atoms with E-state index >= 15 is 0 Å². The molecule has 0 spiro atoms. The third kappa shape index (κ3) is 13.4. The topological polar surface area (TPSA) is 241 Å². The third-order valence-electron chi connectivity index (χ3n) is 20.1. The number of piperidine rings is 2. The number of carbonyl (C=O) groups excluding carboxylic acids is 6. The van der Waals surface area contributed by atoms with E-state index in [0.29, 0.717) is 60.0 Å². The molecule has 6 saturated heterocycles. The SMILES string of the molecule is Fc1cccc([C@H]2CCCN2c2ccc3ncc(-c4cccc(F)n4)n3n2)c1.O=C1CCC(N2Cc3cc(C#CC4CN(c5cccc(-c6cnc7ccc(N8CCC[C@@H]8c8cccc(F)c8)nn67)n5)C4)ccc3C2=O)C(=O)N1.O=C1CCC(N2Cc3cc(C#CC4CNC4)ccc3C2=O)C(=O)N1. The lowest BCUT2D eigenvalue weighted by Gasteiger charge is -2.37. The zero-order valence-electron chi connectivity index (χ0n) is 55.7. The summed E-state index contributed by atoms with van der Waals surface area (Å²) < 4.78 is 44.8. The minimum Gasteiger partial charge on any atom is -0.354 e. The van der Waals surface area contributed by atoms with E-state index < -0.39 is 23.9 Å². The fraction of sp³-hybridized carbons (Fsp3) is 0.282. The van der Waals surface area contributed by atoms with Crippen LogP contribution in [0.5, 0.6) is 0 Å². The van der Waals surface area contributed by atoms with Gasteiger partial charge in [0.05, 0.1) is 41.8 Å². The Bertz CT molecular complexity index is 5220. The minimum absolute atomic E-state index is 0.0591. The smallest absolute Gasteiger partial charge is 0.255 e. The summed E-state index contributed by atoms with van der Waals surface area (Å²) in [6.45, 7) is 5.73. The molecule has 18 rings (SSSR count). The molecule has 103 heavy (non-hydrogen) atoms. The first kappa shape index (κ1) is 65.5. The Hall–Kier alpha value is -12.1. The van der Waals surface area contributed by atoms with E-state index in [2.05, 4.69) is 69.3 Å². The summed E-state index contributed by atoms with van der Waals surface area (Å²) in [4.78, 5) is 100. The highest BCUT2D eigenvalue weighted by atomic mass is 19.1. The van der Waals surface area contributed by atoms with Crippen molar-refractivity contribution >= 4 is 64.2 Å². The summed E-state index contributed by atoms with van der Waals surface area (Å²) >= 11 is 0. The molecule has 3 N–H and O–H groups in total. The van der Waals surface area contributed by atoms with E-state index in [0.717, 1.165) is 133 Å². The molecule has 14 heterocycles. The molecule has 0 aliphatic carbocycles. The molecule has 0 bridgehead atoms. The van der Waals surface area contributed by atoms with Gasteiger partial charge in [0.15, 0.2) is 11.3 Å². The predicted octanol–water partition coefficient (Wildman–Crippen LogP) is 8.95. The second-order valence-electron chi connectivity index (χ2n) is 26.8. The number of nitrogens with zero attached hydrogens (tertiary/aromatic N) is 13. The van der Waals surface area contributed by atoms with Crippen LogP contribution in [0, 0.1) is 53.1 Å². The van der Waals surface area contributed by atoms with Crippen LogP contribution in [0.4, 0.5) is 30.6 Å². The maximum Gasteiger partial charge on any atom is 0.255 e. The van der Waals surface area contributed by atoms with Crippen molar-refractivity contribution in [1.82, 2.24) is 64.9 Å². The number of pyridine rings is 2. The van der Waals surface area contributed by atoms with Gasteiger partial charge < -0.3 is 29.8 Å². The maximum absolute atomic E-state index is 14.0. The summed E-state index contributed by atoms with van der Waals surface area (Å²) in [5, 5.41) is 17.6. The highest BCUT2D eigenvalue weighted by Gasteiger charge is 2.41. The van der Waals surface area contributed by atoms with Crippen LogP contribution >= 0.6 is 0 Å². The molecule has 6 aromatic heterocycles. The summed E-state index contributed by atoms with van der Waals surface area (Å²) in [7, 11) is 0. The fourth-order valence-corrected chi connectivity index (χ4v) is 14.7. The van der Waals surface area contributed by atoms with Crippen LogP contribution < -0.4 is 30.7 Å². The van der Waals surface area contributed by atoms with Crippen molar-refractivity contribution in [1.29, 1.82) is 0 Å². The summed E-state index contributed by atoms with van der Waals surface area (Å²) in [6.07, 6.45) is 8.52. The number of imidazole rings is 2. The normalized spacial score (nSPS) is 20.0. The van der Waals surface area contributed by atoms with E-state index in [1.807, 2.05) is 83.4 Å². The number of fused-ring (bicyclic) bond motifs is 4. The van der Waals surface area contributed by atoms with Gasteiger partial charge in [0.1, 0.15) is 52.6 Å². The van der Waals surface area contributed by atoms with Crippen molar-refractivity contribution in [3.8, 4) is 46.5 Å². The van der Waals surface area contributed by atoms with Crippen molar-refractivity contribution in [2.45, 2.75) is 88.6 Å². The zero-order valence-corrected chi connectivity index (χ0v) is 55.7. The van der Waals surface area contributed by atoms with Gasteiger partial charge in [-0.15, -0.1) is 10.2 Å². The van der Waals surface area contributed by atoms with E-state index in [-0.39, 0.29) is 72.0 Å². The lowest BCUT2D eigenvalue weighted by Crippen LogP contribution is -2.52. The average molecular weight is 1380 g/mol. The number of halogens is 3. The van der Waals surface area contributed by atoms with E-state index in [4.69, 9.17) is 15.2 Å². The molecule has 2 unspecified atom stereocenters. The Morgan fingerprint density at radius 1 is 0.466 bits per heavy atom. The second kappa shape index (κ2) is 27.8. The van der Waals surface area contributed by atoms with Crippen molar-refractivity contribution in [3.63, 3.8) is 0 Å². The summed E-state index contributed by atoms with van der Waals surface area (Å²) in [5.74, 6) is 13.3. The molecule has 4 aromatic carbocycles. The van der Waals surface area contributed by atoms with E-state index in [1.54, 1.807) is 75.2 Å². The number of rotatable bonds is 9. The quantitative estimate of drug-likeness (QED) is 0.0694. The first-order valence-electron chi connectivity index (χ1n) is 34.6. The Morgan fingerprint density at radius 2 is 0.961 bits per heavy atom. The number of imide groups is 2. The molecular weight excluding hydrogens is 1310 g/mol. The lowest BCUT2D eigenvalue weighted by molar-refractivity contribution is -0.138. The number of benzene rings is 4. The van der Waals surface area contributed by atoms with Crippen molar-refractivity contribution in [2.75, 3.05) is 54.0 Å². The predicted molar refractivity (Wildman–Crippen MR) is 375 cm³/mol. The Kier molecular flexibility index (Phi) is 17.7. The average Bonchev–Trinajstić information content (AvgIpc) is 1.63. The van der Waals surface area contributed by atoms with Gasteiger partial charge >= 0.3 is 0 Å². The first-order chi connectivity index (χ1) is 50.2. The maximum atomic E-state index is 14.0. The molecule has 22 nitrogen and oxygen atoms in total. The number of hydrogen-bond acceptors (Lipinski definition) is 16. The molecule has 6 fully saturated rings. The van der Waals surface area contributed by atoms with E-state index in [9.17, 15) is 41.9 Å². The van der Waals surface area contributed by atoms with Gasteiger partial charge in [0, 0.05) is 93.4 Å². The van der Waals surface area contributed by atoms with Gasteiger partial charge in [0.25, 0.3) is 11.8 Å². The molecular formula is C78H67F3N16O6. The van der Waals surface area contributed by atoms with Crippen molar-refractivity contribution in [3.05, 3.63) is 220 Å². The molecule has 0 radical (unpaired) electrons. The van der Waals surface area contributed by atoms with Crippen LogP contribution in [0.1, 0.15) is 118 Å². The van der Waals surface area contributed by atoms with Gasteiger partial charge in [-0.2, -0.15) is 4.39 Å². The molecule has 8 aliphatic rings. The van der Waals surface area contributed by atoms with Crippen LogP contribution in [-0.4, -0.2) is 136 Å². The van der Waals surface area contributed by atoms with Gasteiger partial charge in [-0.1, -0.05) is 60.1 Å². The highest BCUT2D eigenvalue weighted by molar-refractivity contribution is 6.06. The van der Waals surface area contributed by atoms with E-state index in [1.165, 1.54) is 18.2 Å². The minimum atomic E-state index is -0.637. The number of hydrogen-bond donors (Lipinski definition) is 3. The fourth-order valence-electron chi connectivity index (χ4n) is 14.7. The molecule has 516 valence electrons. The summed E-state index contributed by atoms with van der Waals surface area (Å²) in [6, 6.07) is 41.9. The first-order valence-corrected chi connectivity index (χ1v) is 34.6. The van der Waals surface area contributed by atoms with Crippen LogP contribution in [0.3, 0.4) is 0 Å². The van der Waals surface area contributed by atoms with Crippen LogP contribution in [0.25, 0.3) is 34.1 Å². The molecule has 10 aromatic rings. The van der Waals surface area contributed by atoms with Gasteiger partial charge in [-0.3, -0.25) is 39.4 Å². The Labute approximate surface area is 589 Å². The Balaban J connectivity index is 0.000000132. The molecule has 4 atom stereocenters. The van der Waals surface area contributed by atoms with Crippen LogP contribution in [0.15, 0.2) is 158 Å². The molecule has 6 amide bonds. The molecule has 0 saturated carbocycles. The number of amides is 6. The third-order valence-corrected chi connectivity index (χ3v) is 20.1.